The van der Waals surface area contributed by atoms with Crippen molar-refractivity contribution >= 4 is 24.6 Å². The van der Waals surface area contributed by atoms with E-state index in [-0.39, 0.29) is 20.4 Å². The van der Waals surface area contributed by atoms with Crippen molar-refractivity contribution in [2.45, 2.75) is 119 Å². The number of carboxylic acid groups (broad SMARTS) is 2. The second-order valence-electron chi connectivity index (χ2n) is 13.2. The van der Waals surface area contributed by atoms with Gasteiger partial charge in [-0.3, -0.25) is 4.79 Å². The normalized spacial score (nSPS) is 27.3. The van der Waals surface area contributed by atoms with E-state index in [1.807, 2.05) is 12.7 Å². The Morgan fingerprint density at radius 3 is 1.33 bits per heavy atom. The van der Waals surface area contributed by atoms with E-state index >= 15 is 0 Å². The molecule has 10 nitrogen and oxygen atoms in total. The van der Waals surface area contributed by atoms with Crippen LogP contribution in [0.4, 0.5) is 13.2 Å². The third-order valence-corrected chi connectivity index (χ3v) is 8.83. The first-order valence-corrected chi connectivity index (χ1v) is 16.3. The summed E-state index contributed by atoms with van der Waals surface area (Å²) in [5.74, 6) is 1.18. The van der Waals surface area contributed by atoms with Gasteiger partial charge in [-0.2, -0.15) is 13.2 Å². The monoisotopic (exact) mass is 752 g/mol. The largest absolute Gasteiger partial charge is 2.00 e. The van der Waals surface area contributed by atoms with Crippen molar-refractivity contribution in [2.75, 3.05) is 13.1 Å². The fourth-order valence-electron chi connectivity index (χ4n) is 6.26. The fourth-order valence-corrected chi connectivity index (χ4v) is 6.26. The van der Waals surface area contributed by atoms with Gasteiger partial charge in [-0.15, -0.1) is 13.3 Å². The number of rotatable bonds is 6. The van der Waals surface area contributed by atoms with Gasteiger partial charge in [0.1, 0.15) is 0 Å². The first-order valence-electron chi connectivity index (χ1n) is 16.3. The van der Waals surface area contributed by atoms with Crippen molar-refractivity contribution < 1.29 is 53.4 Å². The quantitative estimate of drug-likeness (QED) is 0.220. The fraction of sp³-hybridized carbons (Fsp3) is 0.812. The molecule has 0 spiro atoms. The molecule has 2 N–H and O–H groups in total. The topological polar surface area (TPSA) is 112 Å². The Labute approximate surface area is 288 Å². The van der Waals surface area contributed by atoms with Crippen LogP contribution >= 0.6 is 0 Å². The molecule has 4 aliphatic rings. The Morgan fingerprint density at radius 2 is 1.11 bits per heavy atom. The SMILES string of the molecule is CC(=O)O.CCN1C=NN(C2C[C@H](C)CC[C@H]2C(C)C)[CH-]1.CCN1C=NN(C2C[C@H](C)CC[C@H]2C(C)C)[CH-]1.O=C(O)C(F)(F)F.[Pd+2]. The number of hydrogen-bond donors (Lipinski definition) is 2. The van der Waals surface area contributed by atoms with E-state index < -0.39 is 18.1 Å². The van der Waals surface area contributed by atoms with Crippen LogP contribution in [0.25, 0.3) is 0 Å². The van der Waals surface area contributed by atoms with Crippen LogP contribution in [0.5, 0.6) is 0 Å². The summed E-state index contributed by atoms with van der Waals surface area (Å²) in [6.07, 6.45) is 6.88. The summed E-state index contributed by atoms with van der Waals surface area (Å²) in [6, 6.07) is 1.21. The molecule has 2 heterocycles. The van der Waals surface area contributed by atoms with Gasteiger partial charge in [0.25, 0.3) is 5.97 Å². The number of carbonyl (C=O) groups is 2. The first kappa shape index (κ1) is 43.9. The zero-order valence-corrected chi connectivity index (χ0v) is 30.5. The Bertz CT molecular complexity index is 895. The van der Waals surface area contributed by atoms with Crippen LogP contribution in [-0.2, 0) is 30.0 Å². The van der Waals surface area contributed by atoms with Crippen LogP contribution in [0, 0.1) is 48.8 Å². The average molecular weight is 753 g/mol. The van der Waals surface area contributed by atoms with Crippen molar-refractivity contribution in [3.8, 4) is 0 Å². The van der Waals surface area contributed by atoms with E-state index in [0.29, 0.717) is 12.1 Å². The number of alkyl halides is 3. The molecular formula is C32H57F3N6O4Pd. The van der Waals surface area contributed by atoms with Gasteiger partial charge < -0.3 is 30.0 Å². The van der Waals surface area contributed by atoms with E-state index in [1.54, 1.807) is 0 Å². The molecule has 2 aliphatic carbocycles. The molecule has 0 aromatic rings. The van der Waals surface area contributed by atoms with Gasteiger partial charge in [-0.1, -0.05) is 54.4 Å². The van der Waals surface area contributed by atoms with Gasteiger partial charge in [0, 0.05) is 19.0 Å². The minimum absolute atomic E-state index is 0. The summed E-state index contributed by atoms with van der Waals surface area (Å²) in [5.41, 5.74) is 0. The Kier molecular flexibility index (Phi) is 20.1. The van der Waals surface area contributed by atoms with Crippen molar-refractivity contribution in [1.29, 1.82) is 0 Å². The molecule has 2 saturated carbocycles. The molecule has 0 saturated heterocycles. The van der Waals surface area contributed by atoms with Crippen molar-refractivity contribution in [3.05, 3.63) is 13.3 Å². The van der Waals surface area contributed by atoms with E-state index in [4.69, 9.17) is 19.8 Å². The molecule has 2 unspecified atom stereocenters. The maximum Gasteiger partial charge on any atom is 2.00 e. The number of hydrazone groups is 2. The zero-order valence-electron chi connectivity index (χ0n) is 28.9. The molecule has 0 aromatic heterocycles. The molecule has 14 heteroatoms. The summed E-state index contributed by atoms with van der Waals surface area (Å²) >= 11 is 0. The van der Waals surface area contributed by atoms with Gasteiger partial charge in [0.15, 0.2) is 0 Å². The van der Waals surface area contributed by atoms with E-state index in [2.05, 4.69) is 98.7 Å². The maximum atomic E-state index is 10.6. The number of hydrogen-bond acceptors (Lipinski definition) is 8. The standard InChI is InChI=1S/2C14H26N3.C2HF3O2.C2H4O2.Pd/c2*1-5-16-9-15-17(10-16)14-8-12(4)6-7-13(14)11(2)3;3-2(4,5)1(6)7;1-2(3)4;/h2*9-14H,5-8H2,1-4H3;(H,6,7);1H3,(H,3,4);/q2*-1;;;+2/t2*12-,13+,14?;;;/m11.../s1. The molecular weight excluding hydrogens is 696 g/mol. The van der Waals surface area contributed by atoms with Crippen LogP contribution in [0.1, 0.15) is 101 Å². The predicted octanol–water partition coefficient (Wildman–Crippen LogP) is 7.02. The van der Waals surface area contributed by atoms with E-state index in [9.17, 15) is 13.2 Å². The summed E-state index contributed by atoms with van der Waals surface area (Å²) in [6.45, 7) is 25.9. The Morgan fingerprint density at radius 1 is 0.804 bits per heavy atom. The molecule has 0 aromatic carbocycles. The molecule has 0 bridgehead atoms. The average Bonchev–Trinajstić information content (AvgIpc) is 3.62. The third-order valence-electron chi connectivity index (χ3n) is 8.83. The summed E-state index contributed by atoms with van der Waals surface area (Å²) < 4.78 is 31.7. The van der Waals surface area contributed by atoms with Gasteiger partial charge in [-0.05, 0) is 88.1 Å². The summed E-state index contributed by atoms with van der Waals surface area (Å²) in [5, 5.41) is 28.1. The van der Waals surface area contributed by atoms with Crippen molar-refractivity contribution in [2.24, 2.45) is 45.7 Å². The van der Waals surface area contributed by atoms with Gasteiger partial charge >= 0.3 is 32.6 Å². The van der Waals surface area contributed by atoms with Crippen LogP contribution in [-0.4, -0.2) is 86.0 Å². The van der Waals surface area contributed by atoms with Gasteiger partial charge in [0.05, 0.1) is 12.7 Å². The zero-order chi connectivity index (χ0) is 34.5. The Balaban J connectivity index is 0.000000660. The van der Waals surface area contributed by atoms with Crippen molar-refractivity contribution in [1.82, 2.24) is 19.8 Å². The molecule has 6 atom stereocenters. The molecule has 2 fully saturated rings. The third kappa shape index (κ3) is 15.2. The minimum atomic E-state index is -5.08. The van der Waals surface area contributed by atoms with E-state index in [1.165, 1.54) is 38.5 Å². The maximum absolute atomic E-state index is 10.6. The van der Waals surface area contributed by atoms with Gasteiger partial charge in [-0.25, -0.2) is 15.0 Å². The summed E-state index contributed by atoms with van der Waals surface area (Å²) in [7, 11) is 0. The number of nitrogens with zero attached hydrogens (tertiary/aromatic N) is 6. The molecule has 46 heavy (non-hydrogen) atoms. The van der Waals surface area contributed by atoms with Crippen LogP contribution in [0.15, 0.2) is 10.2 Å². The van der Waals surface area contributed by atoms with Crippen LogP contribution in [0.2, 0.25) is 0 Å². The summed E-state index contributed by atoms with van der Waals surface area (Å²) in [4.78, 5) is 22.2. The second kappa shape index (κ2) is 21.0. The van der Waals surface area contributed by atoms with Gasteiger partial charge in [0.2, 0.25) is 0 Å². The Hall–Kier alpha value is -2.07. The number of carboxylic acids is 2. The molecule has 4 rings (SSSR count). The molecule has 0 amide bonds. The molecule has 270 valence electrons. The smallest absolute Gasteiger partial charge is 0.491 e. The predicted molar refractivity (Wildman–Crippen MR) is 171 cm³/mol. The number of aliphatic carboxylic acids is 2. The molecule has 2 aliphatic heterocycles. The number of halogens is 3. The van der Waals surface area contributed by atoms with Crippen LogP contribution in [0.3, 0.4) is 0 Å². The minimum Gasteiger partial charge on any atom is -0.491 e. The molecule has 0 radical (unpaired) electrons. The second-order valence-corrected chi connectivity index (χ2v) is 13.2. The van der Waals surface area contributed by atoms with Crippen molar-refractivity contribution in [3.63, 3.8) is 0 Å². The van der Waals surface area contributed by atoms with E-state index in [0.717, 1.165) is 55.5 Å². The van der Waals surface area contributed by atoms with Crippen LogP contribution < -0.4 is 0 Å². The first-order chi connectivity index (χ1) is 20.9.